The number of hydrogen-bond donors (Lipinski definition) is 0. The number of aryl methyl sites for hydroxylation is 1. The Morgan fingerprint density at radius 3 is 1.96 bits per heavy atom. The molecule has 0 amide bonds. The van der Waals surface area contributed by atoms with Crippen molar-refractivity contribution in [2.45, 2.75) is 84.7 Å². The quantitative estimate of drug-likeness (QED) is 0.743. The van der Waals surface area contributed by atoms with E-state index < -0.39 is 15.4 Å². The standard InChI is InChI=1S/C19H33BO3Si/c1-14-11-12-16(21-24(9,10)17(2,3)4)15(13-14)20-22-18(5,6)19(7,8)23-20/h11-13H,1-10H3. The molecule has 0 aromatic heterocycles. The Hall–Kier alpha value is -0.778. The summed E-state index contributed by atoms with van der Waals surface area (Å²) in [6, 6.07) is 6.29. The molecule has 0 aliphatic carbocycles. The predicted octanol–water partition coefficient (Wildman–Crippen LogP) is 4.68. The number of hydrogen-bond acceptors (Lipinski definition) is 3. The van der Waals surface area contributed by atoms with Crippen LogP contribution < -0.4 is 9.89 Å². The minimum atomic E-state index is -1.93. The molecular weight excluding hydrogens is 315 g/mol. The third kappa shape index (κ3) is 3.58. The third-order valence-electron chi connectivity index (χ3n) is 5.84. The van der Waals surface area contributed by atoms with E-state index in [0.717, 1.165) is 11.2 Å². The van der Waals surface area contributed by atoms with Gasteiger partial charge >= 0.3 is 7.12 Å². The lowest BCUT2D eigenvalue weighted by Crippen LogP contribution is -2.46. The summed E-state index contributed by atoms with van der Waals surface area (Å²) in [6.07, 6.45) is 0. The molecule has 3 nitrogen and oxygen atoms in total. The average Bonchev–Trinajstić information content (AvgIpc) is 2.59. The van der Waals surface area contributed by atoms with Crippen LogP contribution in [0, 0.1) is 6.92 Å². The zero-order chi connectivity index (χ0) is 18.6. The summed E-state index contributed by atoms with van der Waals surface area (Å²) in [7, 11) is -2.32. The summed E-state index contributed by atoms with van der Waals surface area (Å²) in [4.78, 5) is 0. The second kappa shape index (κ2) is 5.89. The second-order valence-electron chi connectivity index (χ2n) is 9.49. The van der Waals surface area contributed by atoms with Crippen molar-refractivity contribution in [2.75, 3.05) is 0 Å². The van der Waals surface area contributed by atoms with E-state index in [2.05, 4.69) is 86.7 Å². The van der Waals surface area contributed by atoms with Crippen LogP contribution in [0.1, 0.15) is 54.0 Å². The maximum absolute atomic E-state index is 6.58. The molecule has 0 spiro atoms. The summed E-state index contributed by atoms with van der Waals surface area (Å²) in [6.45, 7) is 21.7. The SMILES string of the molecule is Cc1ccc(O[Si](C)(C)C(C)(C)C)c(B2OC(C)(C)C(C)(C)O2)c1. The molecule has 0 unspecified atom stereocenters. The van der Waals surface area contributed by atoms with Gasteiger partial charge < -0.3 is 13.7 Å². The third-order valence-corrected chi connectivity index (χ3v) is 10.2. The van der Waals surface area contributed by atoms with E-state index in [1.165, 1.54) is 5.56 Å². The van der Waals surface area contributed by atoms with E-state index in [9.17, 15) is 0 Å². The van der Waals surface area contributed by atoms with Crippen molar-refractivity contribution in [3.05, 3.63) is 23.8 Å². The molecule has 0 atom stereocenters. The lowest BCUT2D eigenvalue weighted by molar-refractivity contribution is 0.00578. The number of rotatable bonds is 3. The van der Waals surface area contributed by atoms with Gasteiger partial charge in [-0.2, -0.15) is 0 Å². The van der Waals surface area contributed by atoms with Crippen molar-refractivity contribution in [3.63, 3.8) is 0 Å². The summed E-state index contributed by atoms with van der Waals surface area (Å²) >= 11 is 0. The fourth-order valence-corrected chi connectivity index (χ4v) is 3.38. The molecule has 1 aliphatic heterocycles. The molecular formula is C19H33BO3Si. The Bertz CT molecular complexity index is 602. The monoisotopic (exact) mass is 348 g/mol. The fourth-order valence-electron chi connectivity index (χ4n) is 2.34. The maximum Gasteiger partial charge on any atom is 0.498 e. The van der Waals surface area contributed by atoms with E-state index >= 15 is 0 Å². The maximum atomic E-state index is 6.58. The lowest BCUT2D eigenvalue weighted by atomic mass is 9.77. The van der Waals surface area contributed by atoms with Crippen LogP contribution in [0.4, 0.5) is 0 Å². The first-order valence-corrected chi connectivity index (χ1v) is 11.7. The van der Waals surface area contributed by atoms with Gasteiger partial charge in [0.05, 0.1) is 11.2 Å². The molecule has 1 fully saturated rings. The van der Waals surface area contributed by atoms with Crippen LogP contribution in [0.2, 0.25) is 18.1 Å². The molecule has 5 heteroatoms. The summed E-state index contributed by atoms with van der Waals surface area (Å²) in [5.41, 5.74) is 1.48. The molecule has 0 bridgehead atoms. The van der Waals surface area contributed by atoms with Crippen LogP contribution in [0.5, 0.6) is 5.75 Å². The zero-order valence-electron chi connectivity index (χ0n) is 17.0. The molecule has 1 heterocycles. The molecule has 1 aliphatic rings. The van der Waals surface area contributed by atoms with E-state index in [-0.39, 0.29) is 16.2 Å². The van der Waals surface area contributed by atoms with Gasteiger partial charge in [0.2, 0.25) is 8.32 Å². The topological polar surface area (TPSA) is 27.7 Å². The molecule has 0 radical (unpaired) electrons. The molecule has 1 saturated heterocycles. The van der Waals surface area contributed by atoms with Crippen LogP contribution >= 0.6 is 0 Å². The van der Waals surface area contributed by atoms with Gasteiger partial charge in [-0.3, -0.25) is 0 Å². The minimum Gasteiger partial charge on any atom is -0.544 e. The van der Waals surface area contributed by atoms with Gasteiger partial charge in [-0.25, -0.2) is 0 Å². The van der Waals surface area contributed by atoms with E-state index in [1.54, 1.807) is 0 Å². The smallest absolute Gasteiger partial charge is 0.498 e. The normalized spacial score (nSPS) is 20.3. The van der Waals surface area contributed by atoms with Gasteiger partial charge in [0.1, 0.15) is 5.75 Å². The summed E-state index contributed by atoms with van der Waals surface area (Å²) in [5, 5.41) is 0.144. The highest BCUT2D eigenvalue weighted by Gasteiger charge is 2.53. The van der Waals surface area contributed by atoms with Gasteiger partial charge in [0, 0.05) is 5.46 Å². The first kappa shape index (κ1) is 19.5. The van der Waals surface area contributed by atoms with Crippen molar-refractivity contribution in [1.82, 2.24) is 0 Å². The summed E-state index contributed by atoms with van der Waals surface area (Å²) in [5.74, 6) is 0.894. The van der Waals surface area contributed by atoms with Crippen LogP contribution in [-0.2, 0) is 9.31 Å². The lowest BCUT2D eigenvalue weighted by Gasteiger charge is -2.37. The van der Waals surface area contributed by atoms with Gasteiger partial charge in [-0.15, -0.1) is 0 Å². The molecule has 1 aromatic carbocycles. The highest BCUT2D eigenvalue weighted by Crippen LogP contribution is 2.39. The van der Waals surface area contributed by atoms with Crippen molar-refractivity contribution >= 4 is 20.9 Å². The molecule has 0 N–H and O–H groups in total. The van der Waals surface area contributed by atoms with E-state index in [0.29, 0.717) is 0 Å². The van der Waals surface area contributed by atoms with Crippen LogP contribution in [0.25, 0.3) is 0 Å². The minimum absolute atomic E-state index is 0.144. The largest absolute Gasteiger partial charge is 0.544 e. The van der Waals surface area contributed by atoms with Crippen molar-refractivity contribution in [2.24, 2.45) is 0 Å². The molecule has 2 rings (SSSR count). The zero-order valence-corrected chi connectivity index (χ0v) is 18.0. The average molecular weight is 348 g/mol. The van der Waals surface area contributed by atoms with Gasteiger partial charge in [0.15, 0.2) is 0 Å². The van der Waals surface area contributed by atoms with Crippen LogP contribution in [0.15, 0.2) is 18.2 Å². The van der Waals surface area contributed by atoms with Crippen molar-refractivity contribution in [3.8, 4) is 5.75 Å². The Morgan fingerprint density at radius 2 is 1.50 bits per heavy atom. The van der Waals surface area contributed by atoms with E-state index in [4.69, 9.17) is 13.7 Å². The molecule has 134 valence electrons. The molecule has 1 aromatic rings. The van der Waals surface area contributed by atoms with E-state index in [1.807, 2.05) is 0 Å². The predicted molar refractivity (Wildman–Crippen MR) is 105 cm³/mol. The Balaban J connectivity index is 2.40. The Labute approximate surface area is 149 Å². The fraction of sp³-hybridized carbons (Fsp3) is 0.684. The first-order valence-electron chi connectivity index (χ1n) is 8.81. The highest BCUT2D eigenvalue weighted by atomic mass is 28.4. The second-order valence-corrected chi connectivity index (χ2v) is 14.2. The van der Waals surface area contributed by atoms with Crippen LogP contribution in [-0.4, -0.2) is 26.6 Å². The van der Waals surface area contributed by atoms with Gasteiger partial charge in [-0.1, -0.05) is 38.5 Å². The Kier molecular flexibility index (Phi) is 4.80. The van der Waals surface area contributed by atoms with Gasteiger partial charge in [0.25, 0.3) is 0 Å². The highest BCUT2D eigenvalue weighted by molar-refractivity contribution is 6.75. The number of benzene rings is 1. The first-order chi connectivity index (χ1) is 10.7. The Morgan fingerprint density at radius 1 is 1.00 bits per heavy atom. The van der Waals surface area contributed by atoms with Gasteiger partial charge in [-0.05, 0) is 58.8 Å². The summed E-state index contributed by atoms with van der Waals surface area (Å²) < 4.78 is 19.1. The molecule has 0 saturated carbocycles. The van der Waals surface area contributed by atoms with Crippen molar-refractivity contribution < 1.29 is 13.7 Å². The molecule has 24 heavy (non-hydrogen) atoms. The van der Waals surface area contributed by atoms with Crippen molar-refractivity contribution in [1.29, 1.82) is 0 Å². The van der Waals surface area contributed by atoms with Crippen LogP contribution in [0.3, 0.4) is 0 Å².